The van der Waals surface area contributed by atoms with Crippen LogP contribution in [-0.2, 0) is 9.47 Å². The summed E-state index contributed by atoms with van der Waals surface area (Å²) < 4.78 is 10.5. The molecule has 0 bridgehead atoms. The number of ether oxygens (including phenoxy) is 2. The molecule has 1 rings (SSSR count). The van der Waals surface area contributed by atoms with E-state index in [-0.39, 0.29) is 5.41 Å². The molecule has 0 radical (unpaired) electrons. The third kappa shape index (κ3) is 4.51. The Kier molecular flexibility index (Phi) is 6.44. The van der Waals surface area contributed by atoms with Crippen LogP contribution in [0.1, 0.15) is 44.9 Å². The van der Waals surface area contributed by atoms with Crippen molar-refractivity contribution < 1.29 is 9.47 Å². The number of nitriles is 1. The van der Waals surface area contributed by atoms with Gasteiger partial charge in [-0.1, -0.05) is 19.3 Å². The van der Waals surface area contributed by atoms with Crippen molar-refractivity contribution in [2.24, 2.45) is 5.41 Å². The van der Waals surface area contributed by atoms with Crippen molar-refractivity contribution in [3.05, 3.63) is 0 Å². The Morgan fingerprint density at radius 2 is 1.88 bits per heavy atom. The molecule has 1 fully saturated rings. The topological polar surface area (TPSA) is 42.2 Å². The monoisotopic (exact) mass is 225 g/mol. The van der Waals surface area contributed by atoms with E-state index in [9.17, 15) is 5.26 Å². The zero-order valence-corrected chi connectivity index (χ0v) is 10.3. The SMILES string of the molecule is COCCCOCCC1(C#N)CCCCC1. The Morgan fingerprint density at radius 3 is 2.50 bits per heavy atom. The van der Waals surface area contributed by atoms with E-state index in [1.807, 2.05) is 0 Å². The number of nitrogens with zero attached hydrogens (tertiary/aromatic N) is 1. The summed E-state index contributed by atoms with van der Waals surface area (Å²) in [6.07, 6.45) is 7.66. The van der Waals surface area contributed by atoms with Crippen LogP contribution in [0.2, 0.25) is 0 Å². The average Bonchev–Trinajstić information content (AvgIpc) is 2.35. The number of methoxy groups -OCH3 is 1. The van der Waals surface area contributed by atoms with Crippen LogP contribution in [0.5, 0.6) is 0 Å². The molecule has 0 aromatic rings. The molecule has 3 heteroatoms. The summed E-state index contributed by atoms with van der Waals surface area (Å²) in [4.78, 5) is 0. The third-order valence-electron chi connectivity index (χ3n) is 3.41. The van der Waals surface area contributed by atoms with Crippen molar-refractivity contribution in [3.63, 3.8) is 0 Å². The summed E-state index contributed by atoms with van der Waals surface area (Å²) in [5.74, 6) is 0. The maximum atomic E-state index is 9.26. The normalized spacial score (nSPS) is 19.2. The van der Waals surface area contributed by atoms with E-state index < -0.39 is 0 Å². The van der Waals surface area contributed by atoms with Crippen molar-refractivity contribution in [1.29, 1.82) is 5.26 Å². The maximum Gasteiger partial charge on any atom is 0.0690 e. The molecule has 0 aromatic heterocycles. The summed E-state index contributed by atoms with van der Waals surface area (Å²) >= 11 is 0. The quantitative estimate of drug-likeness (QED) is 0.626. The molecule has 1 saturated carbocycles. The van der Waals surface area contributed by atoms with Gasteiger partial charge in [0.1, 0.15) is 0 Å². The van der Waals surface area contributed by atoms with Gasteiger partial charge in [0, 0.05) is 26.9 Å². The first kappa shape index (κ1) is 13.5. The predicted molar refractivity (Wildman–Crippen MR) is 63.1 cm³/mol. The second-order valence-corrected chi connectivity index (χ2v) is 4.66. The number of rotatable bonds is 7. The van der Waals surface area contributed by atoms with Crippen molar-refractivity contribution in [2.75, 3.05) is 26.9 Å². The summed E-state index contributed by atoms with van der Waals surface area (Å²) in [5.41, 5.74) is -0.0838. The summed E-state index contributed by atoms with van der Waals surface area (Å²) in [6.45, 7) is 2.22. The van der Waals surface area contributed by atoms with Gasteiger partial charge in [-0.05, 0) is 25.7 Å². The fourth-order valence-electron chi connectivity index (χ4n) is 2.32. The van der Waals surface area contributed by atoms with Crippen LogP contribution in [-0.4, -0.2) is 26.9 Å². The van der Waals surface area contributed by atoms with Crippen molar-refractivity contribution in [2.45, 2.75) is 44.9 Å². The van der Waals surface area contributed by atoms with E-state index in [0.717, 1.165) is 45.5 Å². The molecular formula is C13H23NO2. The molecule has 16 heavy (non-hydrogen) atoms. The molecule has 3 nitrogen and oxygen atoms in total. The molecule has 0 aromatic carbocycles. The van der Waals surface area contributed by atoms with Crippen molar-refractivity contribution in [1.82, 2.24) is 0 Å². The minimum atomic E-state index is -0.0838. The van der Waals surface area contributed by atoms with Crippen LogP contribution in [0.4, 0.5) is 0 Å². The molecule has 0 spiro atoms. The first-order chi connectivity index (χ1) is 7.83. The average molecular weight is 225 g/mol. The molecule has 0 saturated heterocycles. The number of hydrogen-bond donors (Lipinski definition) is 0. The van der Waals surface area contributed by atoms with Gasteiger partial charge in [-0.2, -0.15) is 5.26 Å². The molecule has 0 unspecified atom stereocenters. The van der Waals surface area contributed by atoms with Crippen LogP contribution >= 0.6 is 0 Å². The standard InChI is InChI=1S/C13H23NO2/c1-15-9-5-10-16-11-8-13(12-14)6-3-2-4-7-13/h2-11H2,1H3. The highest BCUT2D eigenvalue weighted by Gasteiger charge is 2.31. The highest BCUT2D eigenvalue weighted by Crippen LogP contribution is 2.38. The van der Waals surface area contributed by atoms with Gasteiger partial charge in [0.15, 0.2) is 0 Å². The maximum absolute atomic E-state index is 9.26. The smallest absolute Gasteiger partial charge is 0.0690 e. The molecule has 1 aliphatic carbocycles. The first-order valence-corrected chi connectivity index (χ1v) is 6.31. The van der Waals surface area contributed by atoms with Gasteiger partial charge in [-0.15, -0.1) is 0 Å². The lowest BCUT2D eigenvalue weighted by Crippen LogP contribution is -2.24. The van der Waals surface area contributed by atoms with Gasteiger partial charge in [-0.3, -0.25) is 0 Å². The zero-order valence-electron chi connectivity index (χ0n) is 10.3. The van der Waals surface area contributed by atoms with E-state index in [1.54, 1.807) is 7.11 Å². The van der Waals surface area contributed by atoms with E-state index in [0.29, 0.717) is 0 Å². The van der Waals surface area contributed by atoms with Gasteiger partial charge < -0.3 is 9.47 Å². The highest BCUT2D eigenvalue weighted by atomic mass is 16.5. The van der Waals surface area contributed by atoms with Crippen LogP contribution < -0.4 is 0 Å². The molecule has 92 valence electrons. The lowest BCUT2D eigenvalue weighted by Gasteiger charge is -2.30. The summed E-state index contributed by atoms with van der Waals surface area (Å²) in [5, 5.41) is 9.26. The second kappa shape index (κ2) is 7.65. The predicted octanol–water partition coefficient (Wildman–Crippen LogP) is 2.90. The van der Waals surface area contributed by atoms with Crippen molar-refractivity contribution in [3.8, 4) is 6.07 Å². The van der Waals surface area contributed by atoms with E-state index >= 15 is 0 Å². The number of hydrogen-bond acceptors (Lipinski definition) is 3. The Bertz CT molecular complexity index is 216. The van der Waals surface area contributed by atoms with Gasteiger partial charge in [0.2, 0.25) is 0 Å². The molecule has 0 atom stereocenters. The minimum Gasteiger partial charge on any atom is -0.385 e. The molecule has 0 amide bonds. The Morgan fingerprint density at radius 1 is 1.12 bits per heavy atom. The fraction of sp³-hybridized carbons (Fsp3) is 0.923. The Hall–Kier alpha value is -0.590. The van der Waals surface area contributed by atoms with E-state index in [4.69, 9.17) is 9.47 Å². The molecular weight excluding hydrogens is 202 g/mol. The first-order valence-electron chi connectivity index (χ1n) is 6.31. The van der Waals surface area contributed by atoms with Gasteiger partial charge in [-0.25, -0.2) is 0 Å². The van der Waals surface area contributed by atoms with Gasteiger partial charge in [0.05, 0.1) is 11.5 Å². The molecule has 0 N–H and O–H groups in total. The van der Waals surface area contributed by atoms with Gasteiger partial charge >= 0.3 is 0 Å². The minimum absolute atomic E-state index is 0.0838. The lowest BCUT2D eigenvalue weighted by molar-refractivity contribution is 0.0786. The Labute approximate surface area is 98.7 Å². The lowest BCUT2D eigenvalue weighted by atomic mass is 9.73. The van der Waals surface area contributed by atoms with Crippen LogP contribution in [0.3, 0.4) is 0 Å². The highest BCUT2D eigenvalue weighted by molar-refractivity contribution is 5.00. The van der Waals surface area contributed by atoms with Crippen LogP contribution in [0.25, 0.3) is 0 Å². The molecule has 1 aliphatic rings. The Balaban J connectivity index is 2.12. The molecule has 0 heterocycles. The van der Waals surface area contributed by atoms with Crippen molar-refractivity contribution >= 4 is 0 Å². The van der Waals surface area contributed by atoms with Crippen LogP contribution in [0, 0.1) is 16.7 Å². The fourth-order valence-corrected chi connectivity index (χ4v) is 2.32. The summed E-state index contributed by atoms with van der Waals surface area (Å²) in [6, 6.07) is 2.51. The second-order valence-electron chi connectivity index (χ2n) is 4.66. The van der Waals surface area contributed by atoms with Crippen LogP contribution in [0.15, 0.2) is 0 Å². The third-order valence-corrected chi connectivity index (χ3v) is 3.41. The van der Waals surface area contributed by atoms with E-state index in [2.05, 4.69) is 6.07 Å². The zero-order chi connectivity index (χ0) is 11.7. The van der Waals surface area contributed by atoms with Gasteiger partial charge in [0.25, 0.3) is 0 Å². The largest absolute Gasteiger partial charge is 0.385 e. The van der Waals surface area contributed by atoms with E-state index in [1.165, 1.54) is 19.3 Å². The summed E-state index contributed by atoms with van der Waals surface area (Å²) in [7, 11) is 1.70. The molecule has 0 aliphatic heterocycles.